The Hall–Kier alpha value is -0.930. The fourth-order valence-corrected chi connectivity index (χ4v) is 2.02. The van der Waals surface area contributed by atoms with Gasteiger partial charge in [-0.3, -0.25) is 0 Å². The Labute approximate surface area is 82.8 Å². The standard InChI is InChI=1S/C11H14FNO/c1-8-11(14,5-6-13-8)9-3-2-4-10(12)7-9/h2-4,7-8,13-14H,5-6H2,1H3. The van der Waals surface area contributed by atoms with Crippen LogP contribution in [0.1, 0.15) is 18.9 Å². The van der Waals surface area contributed by atoms with E-state index in [4.69, 9.17) is 0 Å². The van der Waals surface area contributed by atoms with Crippen molar-refractivity contribution in [2.75, 3.05) is 6.54 Å². The highest BCUT2D eigenvalue weighted by Crippen LogP contribution is 2.32. The fraction of sp³-hybridized carbons (Fsp3) is 0.455. The van der Waals surface area contributed by atoms with Crippen molar-refractivity contribution in [3.63, 3.8) is 0 Å². The van der Waals surface area contributed by atoms with Gasteiger partial charge in [-0.25, -0.2) is 4.39 Å². The van der Waals surface area contributed by atoms with E-state index in [0.29, 0.717) is 12.0 Å². The zero-order valence-corrected chi connectivity index (χ0v) is 8.13. The maximum Gasteiger partial charge on any atom is 0.123 e. The van der Waals surface area contributed by atoms with Crippen LogP contribution >= 0.6 is 0 Å². The molecule has 2 nitrogen and oxygen atoms in total. The largest absolute Gasteiger partial charge is 0.383 e. The molecule has 1 aliphatic heterocycles. The van der Waals surface area contributed by atoms with Gasteiger partial charge in [-0.05, 0) is 37.6 Å². The molecule has 1 aromatic rings. The molecule has 0 radical (unpaired) electrons. The van der Waals surface area contributed by atoms with Crippen molar-refractivity contribution in [2.24, 2.45) is 0 Å². The minimum atomic E-state index is -0.915. The van der Waals surface area contributed by atoms with Crippen LogP contribution in [0.2, 0.25) is 0 Å². The summed E-state index contributed by atoms with van der Waals surface area (Å²) in [6.45, 7) is 2.69. The molecule has 2 atom stereocenters. The van der Waals surface area contributed by atoms with Gasteiger partial charge < -0.3 is 10.4 Å². The molecule has 1 saturated heterocycles. The second-order valence-electron chi connectivity index (χ2n) is 3.86. The first-order valence-corrected chi connectivity index (χ1v) is 4.85. The zero-order chi connectivity index (χ0) is 10.2. The fourth-order valence-electron chi connectivity index (χ4n) is 2.02. The summed E-state index contributed by atoms with van der Waals surface area (Å²) < 4.78 is 13.0. The van der Waals surface area contributed by atoms with E-state index in [1.54, 1.807) is 12.1 Å². The number of benzene rings is 1. The number of halogens is 1. The molecular weight excluding hydrogens is 181 g/mol. The third-order valence-electron chi connectivity index (χ3n) is 3.00. The van der Waals surface area contributed by atoms with Gasteiger partial charge in [-0.1, -0.05) is 12.1 Å². The molecule has 76 valence electrons. The van der Waals surface area contributed by atoms with E-state index in [2.05, 4.69) is 5.32 Å². The second-order valence-corrected chi connectivity index (χ2v) is 3.86. The molecular formula is C11H14FNO. The number of nitrogens with one attached hydrogen (secondary N) is 1. The molecule has 1 aliphatic rings. The zero-order valence-electron chi connectivity index (χ0n) is 8.13. The monoisotopic (exact) mass is 195 g/mol. The van der Waals surface area contributed by atoms with E-state index >= 15 is 0 Å². The summed E-state index contributed by atoms with van der Waals surface area (Å²) in [5.41, 5.74) is -0.253. The molecule has 1 heterocycles. The first-order valence-electron chi connectivity index (χ1n) is 4.85. The lowest BCUT2D eigenvalue weighted by molar-refractivity contribution is 0.0290. The van der Waals surface area contributed by atoms with Gasteiger partial charge in [-0.15, -0.1) is 0 Å². The lowest BCUT2D eigenvalue weighted by Crippen LogP contribution is -2.37. The quantitative estimate of drug-likeness (QED) is 0.710. The normalized spacial score (nSPS) is 32.1. The predicted octanol–water partition coefficient (Wildman–Crippen LogP) is 1.40. The highest BCUT2D eigenvalue weighted by atomic mass is 19.1. The Morgan fingerprint density at radius 2 is 2.36 bits per heavy atom. The molecule has 14 heavy (non-hydrogen) atoms. The van der Waals surface area contributed by atoms with E-state index in [1.807, 2.05) is 6.92 Å². The third-order valence-corrected chi connectivity index (χ3v) is 3.00. The van der Waals surface area contributed by atoms with Gasteiger partial charge >= 0.3 is 0 Å². The maximum absolute atomic E-state index is 13.0. The Balaban J connectivity index is 2.38. The highest BCUT2D eigenvalue weighted by molar-refractivity contribution is 5.26. The van der Waals surface area contributed by atoms with Gasteiger partial charge in [0.15, 0.2) is 0 Å². The first kappa shape index (κ1) is 9.62. The lowest BCUT2D eigenvalue weighted by atomic mass is 9.87. The molecule has 1 aromatic carbocycles. The van der Waals surface area contributed by atoms with Crippen LogP contribution in [0, 0.1) is 5.82 Å². The Morgan fingerprint density at radius 3 is 2.93 bits per heavy atom. The van der Waals surface area contributed by atoms with Crippen LogP contribution in [-0.4, -0.2) is 17.7 Å². The summed E-state index contributed by atoms with van der Waals surface area (Å²) in [7, 11) is 0. The Kier molecular flexibility index (Phi) is 2.29. The summed E-state index contributed by atoms with van der Waals surface area (Å²) in [4.78, 5) is 0. The van der Waals surface area contributed by atoms with E-state index in [9.17, 15) is 9.50 Å². The van der Waals surface area contributed by atoms with E-state index in [-0.39, 0.29) is 11.9 Å². The molecule has 1 fully saturated rings. The average molecular weight is 195 g/mol. The molecule has 0 amide bonds. The van der Waals surface area contributed by atoms with Crippen LogP contribution in [0.15, 0.2) is 24.3 Å². The summed E-state index contributed by atoms with van der Waals surface area (Å²) >= 11 is 0. The molecule has 2 rings (SSSR count). The van der Waals surface area contributed by atoms with E-state index in [0.717, 1.165) is 6.54 Å². The van der Waals surface area contributed by atoms with Crippen molar-refractivity contribution >= 4 is 0 Å². The first-order chi connectivity index (χ1) is 6.63. The van der Waals surface area contributed by atoms with Crippen molar-refractivity contribution in [3.8, 4) is 0 Å². The highest BCUT2D eigenvalue weighted by Gasteiger charge is 2.39. The molecule has 0 saturated carbocycles. The number of aliphatic hydroxyl groups is 1. The van der Waals surface area contributed by atoms with Crippen molar-refractivity contribution in [1.29, 1.82) is 0 Å². The van der Waals surface area contributed by atoms with Crippen LogP contribution in [-0.2, 0) is 5.60 Å². The van der Waals surface area contributed by atoms with Crippen molar-refractivity contribution in [2.45, 2.75) is 25.0 Å². The average Bonchev–Trinajstić information content (AvgIpc) is 2.49. The summed E-state index contributed by atoms with van der Waals surface area (Å²) in [6, 6.07) is 6.17. The minimum absolute atomic E-state index is 0.0238. The SMILES string of the molecule is CC1NCCC1(O)c1cccc(F)c1. The number of hydrogen-bond donors (Lipinski definition) is 2. The van der Waals surface area contributed by atoms with E-state index < -0.39 is 5.60 Å². The second kappa shape index (κ2) is 3.33. The van der Waals surface area contributed by atoms with Gasteiger partial charge in [0.25, 0.3) is 0 Å². The van der Waals surface area contributed by atoms with Gasteiger partial charge in [0.2, 0.25) is 0 Å². The molecule has 0 bridgehead atoms. The molecule has 0 aromatic heterocycles. The van der Waals surface area contributed by atoms with Gasteiger partial charge in [0.1, 0.15) is 11.4 Å². The van der Waals surface area contributed by atoms with Crippen molar-refractivity contribution in [3.05, 3.63) is 35.6 Å². The molecule has 0 aliphatic carbocycles. The van der Waals surface area contributed by atoms with Gasteiger partial charge in [0.05, 0.1) is 0 Å². The third kappa shape index (κ3) is 1.42. The van der Waals surface area contributed by atoms with Crippen LogP contribution in [0.4, 0.5) is 4.39 Å². The summed E-state index contributed by atoms with van der Waals surface area (Å²) in [6.07, 6.45) is 0.637. The molecule has 0 spiro atoms. The van der Waals surface area contributed by atoms with Gasteiger partial charge in [-0.2, -0.15) is 0 Å². The van der Waals surface area contributed by atoms with Crippen LogP contribution < -0.4 is 5.32 Å². The topological polar surface area (TPSA) is 32.3 Å². The molecule has 3 heteroatoms. The maximum atomic E-state index is 13.0. The molecule has 2 unspecified atom stereocenters. The smallest absolute Gasteiger partial charge is 0.123 e. The Bertz CT molecular complexity index is 342. The van der Waals surface area contributed by atoms with Crippen LogP contribution in [0.5, 0.6) is 0 Å². The van der Waals surface area contributed by atoms with Crippen LogP contribution in [0.3, 0.4) is 0 Å². The van der Waals surface area contributed by atoms with Gasteiger partial charge in [0, 0.05) is 6.04 Å². The molecule has 2 N–H and O–H groups in total. The summed E-state index contributed by atoms with van der Waals surface area (Å²) in [5, 5.41) is 13.5. The summed E-state index contributed by atoms with van der Waals surface area (Å²) in [5.74, 6) is -0.296. The predicted molar refractivity (Wildman–Crippen MR) is 52.4 cm³/mol. The van der Waals surface area contributed by atoms with E-state index in [1.165, 1.54) is 12.1 Å². The van der Waals surface area contributed by atoms with Crippen molar-refractivity contribution < 1.29 is 9.50 Å². The number of rotatable bonds is 1. The lowest BCUT2D eigenvalue weighted by Gasteiger charge is -2.27. The Morgan fingerprint density at radius 1 is 1.57 bits per heavy atom. The number of hydrogen-bond acceptors (Lipinski definition) is 2. The van der Waals surface area contributed by atoms with Crippen molar-refractivity contribution in [1.82, 2.24) is 5.32 Å². The minimum Gasteiger partial charge on any atom is -0.383 e. The van der Waals surface area contributed by atoms with Crippen LogP contribution in [0.25, 0.3) is 0 Å².